The van der Waals surface area contributed by atoms with Crippen molar-refractivity contribution >= 4 is 43.4 Å². The number of methoxy groups -OCH3 is 1. The van der Waals surface area contributed by atoms with Crippen LogP contribution in [0.3, 0.4) is 0 Å². The molecular weight excluding hydrogens is 370 g/mol. The SMILES string of the molecule is COc1nc(Br)cnc1NS(=O)(=O)c1cccc(Cl)c1. The summed E-state index contributed by atoms with van der Waals surface area (Å²) in [5.41, 5.74) is 0. The van der Waals surface area contributed by atoms with Crippen molar-refractivity contribution in [3.63, 3.8) is 0 Å². The summed E-state index contributed by atoms with van der Waals surface area (Å²) >= 11 is 8.91. The van der Waals surface area contributed by atoms with Gasteiger partial charge in [-0.1, -0.05) is 17.7 Å². The average molecular weight is 379 g/mol. The highest BCUT2D eigenvalue weighted by Gasteiger charge is 2.18. The molecule has 106 valence electrons. The number of halogens is 2. The van der Waals surface area contributed by atoms with E-state index < -0.39 is 10.0 Å². The van der Waals surface area contributed by atoms with Crippen molar-refractivity contribution in [2.45, 2.75) is 4.90 Å². The number of hydrogen-bond donors (Lipinski definition) is 1. The van der Waals surface area contributed by atoms with Crippen LogP contribution in [-0.2, 0) is 10.0 Å². The van der Waals surface area contributed by atoms with Crippen molar-refractivity contribution in [2.75, 3.05) is 11.8 Å². The molecule has 1 aromatic carbocycles. The van der Waals surface area contributed by atoms with E-state index in [0.29, 0.717) is 9.63 Å². The molecule has 9 heteroatoms. The zero-order chi connectivity index (χ0) is 14.8. The number of rotatable bonds is 4. The standard InChI is InChI=1S/C11H9BrClN3O3S/c1-19-11-10(14-6-9(12)15-11)16-20(17,18)8-4-2-3-7(13)5-8/h2-6H,1H3,(H,14,16). The minimum Gasteiger partial charge on any atom is -0.478 e. The van der Waals surface area contributed by atoms with Crippen molar-refractivity contribution in [3.8, 4) is 5.88 Å². The van der Waals surface area contributed by atoms with Gasteiger partial charge in [-0.05, 0) is 34.1 Å². The largest absolute Gasteiger partial charge is 0.478 e. The minimum absolute atomic E-state index is 0.00400. The summed E-state index contributed by atoms with van der Waals surface area (Å²) in [6, 6.07) is 5.89. The van der Waals surface area contributed by atoms with Crippen LogP contribution in [0.25, 0.3) is 0 Å². The van der Waals surface area contributed by atoms with Gasteiger partial charge in [-0.2, -0.15) is 0 Å². The van der Waals surface area contributed by atoms with E-state index in [1.807, 2.05) is 0 Å². The third kappa shape index (κ3) is 3.38. The molecule has 20 heavy (non-hydrogen) atoms. The quantitative estimate of drug-likeness (QED) is 0.884. The summed E-state index contributed by atoms with van der Waals surface area (Å²) in [7, 11) is -2.44. The molecule has 0 spiro atoms. The molecule has 0 radical (unpaired) electrons. The van der Waals surface area contributed by atoms with E-state index in [4.69, 9.17) is 16.3 Å². The predicted octanol–water partition coefficient (Wildman–Crippen LogP) is 2.70. The van der Waals surface area contributed by atoms with E-state index in [-0.39, 0.29) is 16.6 Å². The van der Waals surface area contributed by atoms with Crippen LogP contribution < -0.4 is 9.46 Å². The molecule has 0 aliphatic rings. The molecule has 0 aliphatic heterocycles. The Labute approximate surface area is 129 Å². The molecule has 0 unspecified atom stereocenters. The number of hydrogen-bond acceptors (Lipinski definition) is 5. The zero-order valence-corrected chi connectivity index (χ0v) is 13.3. The third-order valence-corrected chi connectivity index (χ3v) is 4.20. The molecular formula is C11H9BrClN3O3S. The molecule has 0 fully saturated rings. The monoisotopic (exact) mass is 377 g/mol. The second-order valence-electron chi connectivity index (χ2n) is 3.61. The Morgan fingerprint density at radius 1 is 1.40 bits per heavy atom. The molecule has 6 nitrogen and oxygen atoms in total. The second kappa shape index (κ2) is 5.94. The van der Waals surface area contributed by atoms with E-state index in [1.54, 1.807) is 12.1 Å². The number of nitrogens with one attached hydrogen (secondary N) is 1. The molecule has 0 atom stereocenters. The predicted molar refractivity (Wildman–Crippen MR) is 78.5 cm³/mol. The van der Waals surface area contributed by atoms with E-state index in [0.717, 1.165) is 0 Å². The molecule has 0 amide bonds. The fourth-order valence-electron chi connectivity index (χ4n) is 1.38. The van der Waals surface area contributed by atoms with Crippen molar-refractivity contribution < 1.29 is 13.2 Å². The maximum atomic E-state index is 12.2. The summed E-state index contributed by atoms with van der Waals surface area (Å²) < 4.78 is 32.1. The Bertz CT molecular complexity index is 739. The maximum Gasteiger partial charge on any atom is 0.263 e. The van der Waals surface area contributed by atoms with Gasteiger partial charge in [0.25, 0.3) is 15.9 Å². The van der Waals surface area contributed by atoms with Gasteiger partial charge in [0.1, 0.15) is 4.60 Å². The number of nitrogens with zero attached hydrogens (tertiary/aromatic N) is 2. The fraction of sp³-hybridized carbons (Fsp3) is 0.0909. The van der Waals surface area contributed by atoms with E-state index in [9.17, 15) is 8.42 Å². The number of benzene rings is 1. The van der Waals surface area contributed by atoms with Gasteiger partial charge in [0.2, 0.25) is 5.82 Å². The third-order valence-electron chi connectivity index (χ3n) is 2.24. The van der Waals surface area contributed by atoms with Gasteiger partial charge in [0, 0.05) is 5.02 Å². The molecule has 1 aromatic heterocycles. The molecule has 2 aromatic rings. The highest BCUT2D eigenvalue weighted by molar-refractivity contribution is 9.10. The van der Waals surface area contributed by atoms with Crippen LogP contribution in [0.15, 0.2) is 40.0 Å². The summed E-state index contributed by atoms with van der Waals surface area (Å²) in [4.78, 5) is 7.92. The number of anilines is 1. The average Bonchev–Trinajstić information content (AvgIpc) is 2.40. The van der Waals surface area contributed by atoms with E-state index in [1.165, 1.54) is 25.4 Å². The Hall–Kier alpha value is -1.38. The van der Waals surface area contributed by atoms with Crippen molar-refractivity contribution in [1.82, 2.24) is 9.97 Å². The maximum absolute atomic E-state index is 12.2. The van der Waals surface area contributed by atoms with Crippen LogP contribution in [0, 0.1) is 0 Å². The Balaban J connectivity index is 2.38. The first-order valence-corrected chi connectivity index (χ1v) is 7.93. The summed E-state index contributed by atoms with van der Waals surface area (Å²) in [5.74, 6) is 0.0562. The van der Waals surface area contributed by atoms with Gasteiger partial charge >= 0.3 is 0 Å². The zero-order valence-electron chi connectivity index (χ0n) is 10.2. The van der Waals surface area contributed by atoms with Crippen LogP contribution in [-0.4, -0.2) is 25.5 Å². The highest BCUT2D eigenvalue weighted by atomic mass is 79.9. The van der Waals surface area contributed by atoms with Crippen LogP contribution >= 0.6 is 27.5 Å². The van der Waals surface area contributed by atoms with Crippen LogP contribution in [0.4, 0.5) is 5.82 Å². The Kier molecular flexibility index (Phi) is 4.46. The van der Waals surface area contributed by atoms with Gasteiger partial charge in [-0.15, -0.1) is 0 Å². The topological polar surface area (TPSA) is 81.2 Å². The van der Waals surface area contributed by atoms with Gasteiger partial charge in [0.05, 0.1) is 18.2 Å². The van der Waals surface area contributed by atoms with Crippen molar-refractivity contribution in [1.29, 1.82) is 0 Å². The number of sulfonamides is 1. The van der Waals surface area contributed by atoms with Crippen molar-refractivity contribution in [3.05, 3.63) is 40.1 Å². The fourth-order valence-corrected chi connectivity index (χ4v) is 2.96. The number of aromatic nitrogens is 2. The molecule has 0 bridgehead atoms. The normalized spacial score (nSPS) is 11.2. The molecule has 0 saturated carbocycles. The lowest BCUT2D eigenvalue weighted by atomic mass is 10.4. The Morgan fingerprint density at radius 3 is 2.80 bits per heavy atom. The lowest BCUT2D eigenvalue weighted by Gasteiger charge is -2.10. The smallest absolute Gasteiger partial charge is 0.263 e. The summed E-state index contributed by atoms with van der Waals surface area (Å²) in [6.45, 7) is 0. The van der Waals surface area contributed by atoms with Gasteiger partial charge in [-0.25, -0.2) is 18.4 Å². The first kappa shape index (κ1) is 15.0. The number of ether oxygens (including phenoxy) is 1. The first-order valence-electron chi connectivity index (χ1n) is 5.27. The molecule has 0 aliphatic carbocycles. The lowest BCUT2D eigenvalue weighted by Crippen LogP contribution is -2.15. The molecule has 2 rings (SSSR count). The van der Waals surface area contributed by atoms with Crippen LogP contribution in [0.1, 0.15) is 0 Å². The van der Waals surface area contributed by atoms with Gasteiger partial charge < -0.3 is 4.74 Å². The summed E-state index contributed by atoms with van der Waals surface area (Å²) in [6.07, 6.45) is 1.36. The molecule has 1 N–H and O–H groups in total. The van der Waals surface area contributed by atoms with E-state index >= 15 is 0 Å². The van der Waals surface area contributed by atoms with Gasteiger partial charge in [0.15, 0.2) is 0 Å². The first-order chi connectivity index (χ1) is 9.42. The Morgan fingerprint density at radius 2 is 2.15 bits per heavy atom. The van der Waals surface area contributed by atoms with Crippen LogP contribution in [0.5, 0.6) is 5.88 Å². The van der Waals surface area contributed by atoms with E-state index in [2.05, 4.69) is 30.6 Å². The molecule has 1 heterocycles. The summed E-state index contributed by atoms with van der Waals surface area (Å²) in [5, 5.41) is 0.321. The minimum atomic E-state index is -3.81. The van der Waals surface area contributed by atoms with Crippen LogP contribution in [0.2, 0.25) is 5.02 Å². The second-order valence-corrected chi connectivity index (χ2v) is 6.54. The van der Waals surface area contributed by atoms with Crippen molar-refractivity contribution in [2.24, 2.45) is 0 Å². The lowest BCUT2D eigenvalue weighted by molar-refractivity contribution is 0.397. The molecule has 0 saturated heterocycles. The highest BCUT2D eigenvalue weighted by Crippen LogP contribution is 2.24. The van der Waals surface area contributed by atoms with Gasteiger partial charge in [-0.3, -0.25) is 4.72 Å².